The summed E-state index contributed by atoms with van der Waals surface area (Å²) in [6.45, 7) is 8.73. The molecule has 11 heavy (non-hydrogen) atoms. The van der Waals surface area contributed by atoms with E-state index in [0.717, 1.165) is 19.0 Å². The normalized spacial score (nSPS) is 22.9. The molecule has 1 rings (SSSR count). The SMILES string of the molecule is CC(C)(C)C1(CCS)COC1. The molecule has 0 bridgehead atoms. The minimum absolute atomic E-state index is 0.369. The lowest BCUT2D eigenvalue weighted by molar-refractivity contribution is -0.171. The zero-order chi connectivity index (χ0) is 8.54. The number of ether oxygens (including phenoxy) is 1. The average Bonchev–Trinajstić information content (AvgIpc) is 1.75. The van der Waals surface area contributed by atoms with Crippen LogP contribution in [0, 0.1) is 10.8 Å². The van der Waals surface area contributed by atoms with Gasteiger partial charge in [-0.15, -0.1) is 0 Å². The predicted molar refractivity (Wildman–Crippen MR) is 51.2 cm³/mol. The second kappa shape index (κ2) is 2.98. The molecule has 0 aliphatic carbocycles. The Labute approximate surface area is 74.9 Å². The van der Waals surface area contributed by atoms with Crippen LogP contribution in [0.4, 0.5) is 0 Å². The van der Waals surface area contributed by atoms with Crippen LogP contribution >= 0.6 is 12.6 Å². The highest BCUT2D eigenvalue weighted by Gasteiger charge is 2.47. The molecular formula is C9H18OS. The van der Waals surface area contributed by atoms with Gasteiger partial charge in [0.1, 0.15) is 0 Å². The van der Waals surface area contributed by atoms with Crippen molar-refractivity contribution in [1.29, 1.82) is 0 Å². The highest BCUT2D eigenvalue weighted by Crippen LogP contribution is 2.47. The zero-order valence-corrected chi connectivity index (χ0v) is 8.58. The third-order valence-corrected chi connectivity index (χ3v) is 3.16. The van der Waals surface area contributed by atoms with Crippen molar-refractivity contribution in [2.75, 3.05) is 19.0 Å². The van der Waals surface area contributed by atoms with E-state index in [-0.39, 0.29) is 0 Å². The maximum Gasteiger partial charge on any atom is 0.0550 e. The molecule has 0 unspecified atom stereocenters. The smallest absolute Gasteiger partial charge is 0.0550 e. The second-order valence-corrected chi connectivity index (χ2v) is 4.94. The lowest BCUT2D eigenvalue weighted by atomic mass is 9.63. The van der Waals surface area contributed by atoms with Gasteiger partial charge in [0.15, 0.2) is 0 Å². The number of thiol groups is 1. The van der Waals surface area contributed by atoms with Gasteiger partial charge in [0.25, 0.3) is 0 Å². The van der Waals surface area contributed by atoms with Crippen molar-refractivity contribution in [2.45, 2.75) is 27.2 Å². The van der Waals surface area contributed by atoms with Gasteiger partial charge in [-0.05, 0) is 17.6 Å². The van der Waals surface area contributed by atoms with E-state index >= 15 is 0 Å². The highest BCUT2D eigenvalue weighted by atomic mass is 32.1. The minimum Gasteiger partial charge on any atom is -0.380 e. The van der Waals surface area contributed by atoms with Gasteiger partial charge in [-0.2, -0.15) is 12.6 Å². The van der Waals surface area contributed by atoms with Crippen LogP contribution in [0.2, 0.25) is 0 Å². The van der Waals surface area contributed by atoms with Crippen LogP contribution in [0.15, 0.2) is 0 Å². The summed E-state index contributed by atoms with van der Waals surface area (Å²) in [5, 5.41) is 0. The molecule has 0 N–H and O–H groups in total. The second-order valence-electron chi connectivity index (χ2n) is 4.50. The van der Waals surface area contributed by atoms with Crippen LogP contribution in [0.3, 0.4) is 0 Å². The Morgan fingerprint density at radius 1 is 1.36 bits per heavy atom. The first-order valence-electron chi connectivity index (χ1n) is 4.20. The summed E-state index contributed by atoms with van der Waals surface area (Å²) in [6.07, 6.45) is 1.18. The molecule has 0 saturated carbocycles. The summed E-state index contributed by atoms with van der Waals surface area (Å²) < 4.78 is 5.28. The summed E-state index contributed by atoms with van der Waals surface area (Å²) in [6, 6.07) is 0. The summed E-state index contributed by atoms with van der Waals surface area (Å²) in [4.78, 5) is 0. The summed E-state index contributed by atoms with van der Waals surface area (Å²) >= 11 is 4.28. The molecule has 1 saturated heterocycles. The standard InChI is InChI=1S/C9H18OS/c1-8(2,3)9(4-5-11)6-10-7-9/h11H,4-7H2,1-3H3. The average molecular weight is 174 g/mol. The van der Waals surface area contributed by atoms with E-state index in [9.17, 15) is 0 Å². The fourth-order valence-electron chi connectivity index (χ4n) is 1.51. The van der Waals surface area contributed by atoms with E-state index in [2.05, 4.69) is 33.4 Å². The maximum absolute atomic E-state index is 5.28. The van der Waals surface area contributed by atoms with E-state index in [1.807, 2.05) is 0 Å². The molecule has 1 aliphatic heterocycles. The minimum atomic E-state index is 0.369. The quantitative estimate of drug-likeness (QED) is 0.632. The van der Waals surface area contributed by atoms with Gasteiger partial charge in [0.05, 0.1) is 13.2 Å². The fourth-order valence-corrected chi connectivity index (χ4v) is 1.94. The van der Waals surface area contributed by atoms with Crippen molar-refractivity contribution >= 4 is 12.6 Å². The van der Waals surface area contributed by atoms with E-state index in [4.69, 9.17) is 4.74 Å². The predicted octanol–water partition coefficient (Wildman–Crippen LogP) is 2.37. The molecule has 0 aromatic carbocycles. The molecule has 0 atom stereocenters. The van der Waals surface area contributed by atoms with Crippen LogP contribution in [0.25, 0.3) is 0 Å². The monoisotopic (exact) mass is 174 g/mol. The summed E-state index contributed by atoms with van der Waals surface area (Å²) in [5.41, 5.74) is 0.780. The lowest BCUT2D eigenvalue weighted by Crippen LogP contribution is -2.52. The Bertz CT molecular complexity index is 133. The van der Waals surface area contributed by atoms with Crippen molar-refractivity contribution in [1.82, 2.24) is 0 Å². The molecule has 0 spiro atoms. The Morgan fingerprint density at radius 2 is 1.91 bits per heavy atom. The molecule has 0 amide bonds. The lowest BCUT2D eigenvalue weighted by Gasteiger charge is -2.51. The van der Waals surface area contributed by atoms with Crippen molar-refractivity contribution < 1.29 is 4.74 Å². The first-order valence-corrected chi connectivity index (χ1v) is 4.84. The number of hydrogen-bond acceptors (Lipinski definition) is 2. The van der Waals surface area contributed by atoms with Gasteiger partial charge in [-0.25, -0.2) is 0 Å². The van der Waals surface area contributed by atoms with Crippen LogP contribution in [-0.4, -0.2) is 19.0 Å². The van der Waals surface area contributed by atoms with Crippen molar-refractivity contribution in [2.24, 2.45) is 10.8 Å². The largest absolute Gasteiger partial charge is 0.380 e. The van der Waals surface area contributed by atoms with Crippen molar-refractivity contribution in [3.8, 4) is 0 Å². The van der Waals surface area contributed by atoms with Gasteiger partial charge in [-0.3, -0.25) is 0 Å². The summed E-state index contributed by atoms with van der Waals surface area (Å²) in [7, 11) is 0. The maximum atomic E-state index is 5.28. The third kappa shape index (κ3) is 1.57. The molecule has 2 heteroatoms. The van der Waals surface area contributed by atoms with Gasteiger partial charge in [-0.1, -0.05) is 20.8 Å². The first kappa shape index (κ1) is 9.40. The van der Waals surface area contributed by atoms with Crippen molar-refractivity contribution in [3.63, 3.8) is 0 Å². The highest BCUT2D eigenvalue weighted by molar-refractivity contribution is 7.80. The van der Waals surface area contributed by atoms with Crippen LogP contribution in [-0.2, 0) is 4.74 Å². The molecule has 1 heterocycles. The van der Waals surface area contributed by atoms with Gasteiger partial charge in [0.2, 0.25) is 0 Å². The number of hydrogen-bond donors (Lipinski definition) is 1. The molecule has 0 aromatic heterocycles. The van der Waals surface area contributed by atoms with Gasteiger partial charge >= 0.3 is 0 Å². The first-order chi connectivity index (χ1) is 5.02. The Hall–Kier alpha value is 0.310. The molecule has 0 aromatic rings. The van der Waals surface area contributed by atoms with E-state index in [0.29, 0.717) is 10.8 Å². The molecule has 0 radical (unpaired) electrons. The zero-order valence-electron chi connectivity index (χ0n) is 7.68. The van der Waals surface area contributed by atoms with E-state index < -0.39 is 0 Å². The van der Waals surface area contributed by atoms with Crippen molar-refractivity contribution in [3.05, 3.63) is 0 Å². The number of rotatable bonds is 2. The fraction of sp³-hybridized carbons (Fsp3) is 1.00. The van der Waals surface area contributed by atoms with E-state index in [1.165, 1.54) is 6.42 Å². The Morgan fingerprint density at radius 3 is 2.00 bits per heavy atom. The van der Waals surface area contributed by atoms with Gasteiger partial charge in [0, 0.05) is 5.41 Å². The van der Waals surface area contributed by atoms with E-state index in [1.54, 1.807) is 0 Å². The van der Waals surface area contributed by atoms with Gasteiger partial charge < -0.3 is 4.74 Å². The third-order valence-electron chi connectivity index (χ3n) is 2.94. The molecule has 1 fully saturated rings. The molecule has 66 valence electrons. The topological polar surface area (TPSA) is 9.23 Å². The van der Waals surface area contributed by atoms with Crippen LogP contribution < -0.4 is 0 Å². The van der Waals surface area contributed by atoms with Crippen LogP contribution in [0.1, 0.15) is 27.2 Å². The molecule has 1 nitrogen and oxygen atoms in total. The Kier molecular flexibility index (Phi) is 2.55. The summed E-state index contributed by atoms with van der Waals surface area (Å²) in [5.74, 6) is 0.973. The Balaban J connectivity index is 2.60. The molecule has 1 aliphatic rings. The van der Waals surface area contributed by atoms with Crippen LogP contribution in [0.5, 0.6) is 0 Å². The molecular weight excluding hydrogens is 156 g/mol.